The molecule has 0 saturated heterocycles. The topological polar surface area (TPSA) is 54.5 Å². The maximum Gasteiger partial charge on any atom is 0.417 e. The van der Waals surface area contributed by atoms with E-state index in [1.807, 2.05) is 6.07 Å². The smallest absolute Gasteiger partial charge is 0.333 e. The number of halogens is 4. The second-order valence-corrected chi connectivity index (χ2v) is 5.69. The summed E-state index contributed by atoms with van der Waals surface area (Å²) >= 11 is 5.69. The molecule has 0 amide bonds. The van der Waals surface area contributed by atoms with Crippen LogP contribution >= 0.6 is 11.6 Å². The number of aromatic nitrogens is 3. The van der Waals surface area contributed by atoms with Crippen molar-refractivity contribution in [2.75, 3.05) is 0 Å². The van der Waals surface area contributed by atoms with Crippen LogP contribution in [0, 0.1) is 11.3 Å². The quantitative estimate of drug-likeness (QED) is 0.664. The Balaban J connectivity index is 2.20. The minimum absolute atomic E-state index is 0.302. The molecule has 0 atom stereocenters. The van der Waals surface area contributed by atoms with Gasteiger partial charge in [0, 0.05) is 18.8 Å². The minimum Gasteiger partial charge on any atom is -0.333 e. The van der Waals surface area contributed by atoms with Crippen LogP contribution in [0.1, 0.15) is 11.1 Å². The normalized spacial score (nSPS) is 11.4. The van der Waals surface area contributed by atoms with Gasteiger partial charge in [0.05, 0.1) is 39.9 Å². The molecule has 0 aliphatic carbocycles. The number of hydrogen-bond acceptors (Lipinski definition) is 3. The average molecular weight is 363 g/mol. The molecular formula is C17H10ClF3N4. The Hall–Kier alpha value is -2.85. The lowest BCUT2D eigenvalue weighted by Gasteiger charge is -2.12. The number of alkyl halides is 3. The highest BCUT2D eigenvalue weighted by Crippen LogP contribution is 2.38. The van der Waals surface area contributed by atoms with Crippen molar-refractivity contribution in [2.45, 2.75) is 6.18 Å². The van der Waals surface area contributed by atoms with E-state index in [4.69, 9.17) is 16.9 Å². The van der Waals surface area contributed by atoms with Crippen molar-refractivity contribution in [3.63, 3.8) is 0 Å². The van der Waals surface area contributed by atoms with Gasteiger partial charge >= 0.3 is 6.18 Å². The van der Waals surface area contributed by atoms with Crippen LogP contribution < -0.4 is 0 Å². The van der Waals surface area contributed by atoms with Gasteiger partial charge in [-0.2, -0.15) is 18.4 Å². The van der Waals surface area contributed by atoms with Gasteiger partial charge in [0.25, 0.3) is 0 Å². The van der Waals surface area contributed by atoms with Gasteiger partial charge in [-0.05, 0) is 24.3 Å². The third kappa shape index (κ3) is 3.21. The Morgan fingerprint density at radius 2 is 1.92 bits per heavy atom. The summed E-state index contributed by atoms with van der Waals surface area (Å²) < 4.78 is 41.0. The molecule has 0 radical (unpaired) electrons. The molecule has 0 saturated carbocycles. The first-order chi connectivity index (χ1) is 11.8. The largest absolute Gasteiger partial charge is 0.417 e. The number of pyridine rings is 1. The summed E-state index contributed by atoms with van der Waals surface area (Å²) in [5.41, 5.74) is 1.00. The highest BCUT2D eigenvalue weighted by atomic mass is 35.5. The fourth-order valence-corrected chi connectivity index (χ4v) is 2.70. The van der Waals surface area contributed by atoms with Crippen molar-refractivity contribution in [2.24, 2.45) is 7.05 Å². The second-order valence-electron chi connectivity index (χ2n) is 5.29. The molecule has 0 aliphatic heterocycles. The van der Waals surface area contributed by atoms with Gasteiger partial charge in [0.15, 0.2) is 0 Å². The van der Waals surface area contributed by atoms with E-state index in [0.717, 1.165) is 6.07 Å². The molecule has 25 heavy (non-hydrogen) atoms. The molecule has 0 aliphatic rings. The molecule has 8 heteroatoms. The molecule has 2 aromatic heterocycles. The Bertz CT molecular complexity index is 986. The zero-order valence-corrected chi connectivity index (χ0v) is 13.6. The van der Waals surface area contributed by atoms with E-state index in [1.54, 1.807) is 11.6 Å². The fourth-order valence-electron chi connectivity index (χ4n) is 2.48. The van der Waals surface area contributed by atoms with E-state index >= 15 is 0 Å². The van der Waals surface area contributed by atoms with Crippen molar-refractivity contribution in [1.29, 1.82) is 5.26 Å². The van der Waals surface area contributed by atoms with Gasteiger partial charge in [-0.15, -0.1) is 0 Å². The van der Waals surface area contributed by atoms with Crippen molar-refractivity contribution in [1.82, 2.24) is 14.5 Å². The first kappa shape index (κ1) is 17.0. The summed E-state index contributed by atoms with van der Waals surface area (Å²) in [5, 5.41) is 8.64. The number of hydrogen-bond donors (Lipinski definition) is 0. The van der Waals surface area contributed by atoms with E-state index in [-0.39, 0.29) is 5.02 Å². The van der Waals surface area contributed by atoms with Crippen LogP contribution in [0.3, 0.4) is 0 Å². The van der Waals surface area contributed by atoms with Gasteiger partial charge in [0.1, 0.15) is 5.69 Å². The van der Waals surface area contributed by atoms with E-state index in [2.05, 4.69) is 9.97 Å². The van der Waals surface area contributed by atoms with Crippen molar-refractivity contribution >= 4 is 11.6 Å². The Morgan fingerprint density at radius 3 is 2.60 bits per heavy atom. The van der Waals surface area contributed by atoms with Crippen LogP contribution in [0.4, 0.5) is 13.2 Å². The molecule has 0 bridgehead atoms. The lowest BCUT2D eigenvalue weighted by molar-refractivity contribution is -0.137. The third-order valence-electron chi connectivity index (χ3n) is 3.61. The van der Waals surface area contributed by atoms with E-state index in [9.17, 15) is 13.2 Å². The SMILES string of the molecule is Cn1cnc(-c2cc(C#N)ccn2)c1-c1ccc(Cl)c(C(F)(F)F)c1. The summed E-state index contributed by atoms with van der Waals surface area (Å²) in [6, 6.07) is 8.75. The van der Waals surface area contributed by atoms with Crippen LogP contribution in [0.5, 0.6) is 0 Å². The van der Waals surface area contributed by atoms with Crippen LogP contribution in [-0.2, 0) is 13.2 Å². The molecule has 4 nitrogen and oxygen atoms in total. The fraction of sp³-hybridized carbons (Fsp3) is 0.118. The van der Waals surface area contributed by atoms with Crippen molar-refractivity contribution in [3.05, 3.63) is 59.0 Å². The minimum atomic E-state index is -4.56. The van der Waals surface area contributed by atoms with Crippen LogP contribution in [-0.4, -0.2) is 14.5 Å². The van der Waals surface area contributed by atoms with E-state index < -0.39 is 11.7 Å². The predicted molar refractivity (Wildman–Crippen MR) is 86.6 cm³/mol. The Labute approximate surface area is 146 Å². The molecule has 3 rings (SSSR count). The molecule has 0 spiro atoms. The van der Waals surface area contributed by atoms with Crippen LogP contribution in [0.25, 0.3) is 22.6 Å². The Kier molecular flexibility index (Phi) is 4.23. The zero-order valence-electron chi connectivity index (χ0n) is 12.8. The number of rotatable bonds is 2. The first-order valence-electron chi connectivity index (χ1n) is 7.06. The van der Waals surface area contributed by atoms with Crippen LogP contribution in [0.2, 0.25) is 5.02 Å². The third-order valence-corrected chi connectivity index (χ3v) is 3.94. The van der Waals surface area contributed by atoms with E-state index in [0.29, 0.717) is 28.2 Å². The highest BCUT2D eigenvalue weighted by Gasteiger charge is 2.33. The lowest BCUT2D eigenvalue weighted by atomic mass is 10.0. The molecule has 0 unspecified atom stereocenters. The number of aryl methyl sites for hydroxylation is 1. The molecular weight excluding hydrogens is 353 g/mol. The predicted octanol–water partition coefficient (Wildman–Crippen LogP) is 4.69. The van der Waals surface area contributed by atoms with Gasteiger partial charge in [-0.25, -0.2) is 4.98 Å². The number of imidazole rings is 1. The summed E-state index contributed by atoms with van der Waals surface area (Å²) in [6.07, 6.45) is -1.63. The molecule has 1 aromatic carbocycles. The zero-order chi connectivity index (χ0) is 18.2. The standard InChI is InChI=1S/C17H10ClF3N4/c1-25-9-24-15(14-6-10(8-22)4-5-23-14)16(25)11-2-3-13(18)12(7-11)17(19,20)21/h2-7,9H,1H3. The summed E-state index contributed by atoms with van der Waals surface area (Å²) in [7, 11) is 1.67. The average Bonchev–Trinajstić information content (AvgIpc) is 2.96. The van der Waals surface area contributed by atoms with Gasteiger partial charge < -0.3 is 4.57 Å². The van der Waals surface area contributed by atoms with Gasteiger partial charge in [0.2, 0.25) is 0 Å². The van der Waals surface area contributed by atoms with Gasteiger partial charge in [-0.1, -0.05) is 17.7 Å². The lowest BCUT2D eigenvalue weighted by Crippen LogP contribution is -2.06. The number of nitrogens with zero attached hydrogens (tertiary/aromatic N) is 4. The second kappa shape index (κ2) is 6.22. The summed E-state index contributed by atoms with van der Waals surface area (Å²) in [4.78, 5) is 8.40. The van der Waals surface area contributed by atoms with Gasteiger partial charge in [-0.3, -0.25) is 4.98 Å². The number of nitriles is 1. The monoisotopic (exact) mass is 362 g/mol. The summed E-state index contributed by atoms with van der Waals surface area (Å²) in [5.74, 6) is 0. The molecule has 3 aromatic rings. The first-order valence-corrected chi connectivity index (χ1v) is 7.44. The maximum atomic E-state index is 13.1. The molecule has 0 fully saturated rings. The van der Waals surface area contributed by atoms with Crippen LogP contribution in [0.15, 0.2) is 42.9 Å². The van der Waals surface area contributed by atoms with Crippen molar-refractivity contribution in [3.8, 4) is 28.7 Å². The Morgan fingerprint density at radius 1 is 1.16 bits per heavy atom. The molecule has 126 valence electrons. The van der Waals surface area contributed by atoms with Crippen molar-refractivity contribution < 1.29 is 13.2 Å². The molecule has 2 heterocycles. The van der Waals surface area contributed by atoms with E-state index in [1.165, 1.54) is 36.8 Å². The highest BCUT2D eigenvalue weighted by molar-refractivity contribution is 6.31. The number of benzene rings is 1. The molecule has 0 N–H and O–H groups in total. The summed E-state index contributed by atoms with van der Waals surface area (Å²) in [6.45, 7) is 0. The maximum absolute atomic E-state index is 13.1.